The molecule has 4 aromatic heterocycles. The number of nitrogens with zero attached hydrogens (tertiary/aromatic N) is 6. The van der Waals surface area contributed by atoms with Gasteiger partial charge in [0, 0.05) is 44.3 Å². The molecule has 71 heavy (non-hydrogen) atoms. The van der Waals surface area contributed by atoms with Crippen LogP contribution in [0.5, 0.6) is 0 Å². The lowest BCUT2D eigenvalue weighted by Gasteiger charge is -2.12. The highest BCUT2D eigenvalue weighted by molar-refractivity contribution is 6.21. The lowest BCUT2D eigenvalue weighted by atomic mass is 10.0. The topological polar surface area (TPSA) is 95.7 Å². The van der Waals surface area contributed by atoms with E-state index < -0.39 is 0 Å². The highest BCUT2D eigenvalue weighted by atomic mass is 16.4. The Bertz CT molecular complexity index is 4440. The minimum absolute atomic E-state index is 0.579. The van der Waals surface area contributed by atoms with Crippen LogP contribution in [-0.4, -0.2) is 29.5 Å². The van der Waals surface area contributed by atoms with Crippen molar-refractivity contribution in [3.63, 3.8) is 0 Å². The average molecular weight is 909 g/mol. The van der Waals surface area contributed by atoms with Crippen molar-refractivity contribution in [2.24, 2.45) is 0 Å². The van der Waals surface area contributed by atoms with Gasteiger partial charge in [0.2, 0.25) is 11.8 Å². The van der Waals surface area contributed by atoms with Crippen LogP contribution < -0.4 is 0 Å². The molecule has 0 atom stereocenters. The Morgan fingerprint density at radius 1 is 0.296 bits per heavy atom. The zero-order valence-electron chi connectivity index (χ0n) is 37.8. The molecule has 8 nitrogen and oxygen atoms in total. The first-order valence-corrected chi connectivity index (χ1v) is 23.6. The van der Waals surface area contributed by atoms with Gasteiger partial charge in [-0.15, -0.1) is 0 Å². The molecule has 0 radical (unpaired) electrons. The van der Waals surface area contributed by atoms with E-state index in [1.54, 1.807) is 0 Å². The van der Waals surface area contributed by atoms with Gasteiger partial charge in [-0.2, -0.15) is 0 Å². The fraction of sp³-hybridized carbons (Fsp3) is 0. The summed E-state index contributed by atoms with van der Waals surface area (Å²) in [5.41, 5.74) is 11.1. The van der Waals surface area contributed by atoms with Crippen LogP contribution in [0, 0.1) is 0 Å². The predicted molar refractivity (Wildman–Crippen MR) is 287 cm³/mol. The van der Waals surface area contributed by atoms with Gasteiger partial charge >= 0.3 is 0 Å². The fourth-order valence-electron chi connectivity index (χ4n) is 10.3. The van der Waals surface area contributed by atoms with E-state index >= 15 is 0 Å². The van der Waals surface area contributed by atoms with Crippen molar-refractivity contribution in [1.29, 1.82) is 0 Å². The maximum absolute atomic E-state index is 6.12. The average Bonchev–Trinajstić information content (AvgIpc) is 4.17. The monoisotopic (exact) mass is 908 g/mol. The Hall–Kier alpha value is -9.79. The van der Waals surface area contributed by atoms with Crippen molar-refractivity contribution < 1.29 is 8.83 Å². The van der Waals surface area contributed by atoms with Crippen LogP contribution in [0.25, 0.3) is 150 Å². The van der Waals surface area contributed by atoms with Gasteiger partial charge in [0.25, 0.3) is 0 Å². The molecule has 330 valence electrons. The molecule has 0 aliphatic carbocycles. The zero-order chi connectivity index (χ0) is 46.6. The van der Waals surface area contributed by atoms with Crippen molar-refractivity contribution in [3.05, 3.63) is 218 Å². The molecular formula is C63H36N6O2. The van der Waals surface area contributed by atoms with Crippen LogP contribution in [0.4, 0.5) is 0 Å². The van der Waals surface area contributed by atoms with Gasteiger partial charge in [0.05, 0.1) is 11.0 Å². The van der Waals surface area contributed by atoms with E-state index in [-0.39, 0.29) is 0 Å². The first kappa shape index (κ1) is 39.2. The van der Waals surface area contributed by atoms with Crippen molar-refractivity contribution in [2.75, 3.05) is 0 Å². The predicted octanol–water partition coefficient (Wildman–Crippen LogP) is 16.2. The molecule has 8 heteroatoms. The van der Waals surface area contributed by atoms with E-state index in [0.717, 1.165) is 88.0 Å². The molecule has 15 aromatic rings. The van der Waals surface area contributed by atoms with Gasteiger partial charge in [0.1, 0.15) is 11.0 Å². The van der Waals surface area contributed by atoms with Gasteiger partial charge in [-0.3, -0.25) is 0 Å². The smallest absolute Gasteiger partial charge is 0.227 e. The maximum Gasteiger partial charge on any atom is 0.227 e. The standard InChI is InChI=1S/C63H36N6O2/c1-2-10-50-37(9-1)28-30-55-58(50)51-11-3-6-14-54(51)69(55)49-29-27-42-33-46(24-19-43(42)36-49)61-67-59(44-22-17-40-34-47(25-20-38(40)31-44)62-64-52-12-4-7-15-56(52)70-62)66-60(68-61)45-23-18-41-35-48(26-21-39(41)32-45)63-65-53-13-5-8-16-57(53)71-63/h1-36H. The van der Waals surface area contributed by atoms with E-state index in [2.05, 4.69) is 174 Å². The van der Waals surface area contributed by atoms with E-state index in [1.807, 2.05) is 48.5 Å². The summed E-state index contributed by atoms with van der Waals surface area (Å²) in [6.45, 7) is 0. The van der Waals surface area contributed by atoms with E-state index in [0.29, 0.717) is 29.3 Å². The van der Waals surface area contributed by atoms with E-state index in [9.17, 15) is 0 Å². The highest BCUT2D eigenvalue weighted by Gasteiger charge is 2.18. The summed E-state index contributed by atoms with van der Waals surface area (Å²) in [5.74, 6) is 2.93. The van der Waals surface area contributed by atoms with Crippen LogP contribution >= 0.6 is 0 Å². The molecule has 0 saturated heterocycles. The van der Waals surface area contributed by atoms with Gasteiger partial charge in [-0.25, -0.2) is 24.9 Å². The summed E-state index contributed by atoms with van der Waals surface area (Å²) < 4.78 is 14.6. The Morgan fingerprint density at radius 2 is 0.718 bits per heavy atom. The number of oxazole rings is 2. The molecule has 0 spiro atoms. The largest absolute Gasteiger partial charge is 0.436 e. The molecular weight excluding hydrogens is 873 g/mol. The third-order valence-electron chi connectivity index (χ3n) is 13.8. The van der Waals surface area contributed by atoms with Gasteiger partial charge in [-0.05, 0) is 134 Å². The van der Waals surface area contributed by atoms with Crippen LogP contribution in [0.3, 0.4) is 0 Å². The summed E-state index contributed by atoms with van der Waals surface area (Å²) in [6, 6.07) is 75.8. The van der Waals surface area contributed by atoms with Crippen LogP contribution in [0.1, 0.15) is 0 Å². The first-order valence-electron chi connectivity index (χ1n) is 23.6. The Morgan fingerprint density at radius 3 is 1.27 bits per heavy atom. The van der Waals surface area contributed by atoms with E-state index in [1.165, 1.54) is 32.6 Å². The maximum atomic E-state index is 6.12. The number of benzene rings is 11. The van der Waals surface area contributed by atoms with Crippen molar-refractivity contribution in [2.45, 2.75) is 0 Å². The summed E-state index contributed by atoms with van der Waals surface area (Å²) >= 11 is 0. The number of hydrogen-bond donors (Lipinski definition) is 0. The number of hydrogen-bond acceptors (Lipinski definition) is 7. The molecule has 0 N–H and O–H groups in total. The van der Waals surface area contributed by atoms with Gasteiger partial charge < -0.3 is 13.4 Å². The van der Waals surface area contributed by atoms with E-state index in [4.69, 9.17) is 33.8 Å². The normalized spacial score (nSPS) is 11.9. The highest BCUT2D eigenvalue weighted by Crippen LogP contribution is 2.39. The van der Waals surface area contributed by atoms with Crippen LogP contribution in [0.15, 0.2) is 227 Å². The molecule has 11 aromatic carbocycles. The Kier molecular flexibility index (Phi) is 8.49. The second kappa shape index (κ2) is 15.4. The number of fused-ring (bicyclic) bond motifs is 10. The van der Waals surface area contributed by atoms with Gasteiger partial charge in [0.15, 0.2) is 28.6 Å². The number of para-hydroxylation sites is 5. The minimum atomic E-state index is 0.579. The third-order valence-corrected chi connectivity index (χ3v) is 13.8. The van der Waals surface area contributed by atoms with Crippen molar-refractivity contribution in [3.8, 4) is 62.8 Å². The molecule has 0 aliphatic heterocycles. The summed E-state index contributed by atoms with van der Waals surface area (Å²) in [4.78, 5) is 25.1. The van der Waals surface area contributed by atoms with Crippen molar-refractivity contribution in [1.82, 2.24) is 29.5 Å². The van der Waals surface area contributed by atoms with Crippen LogP contribution in [-0.2, 0) is 0 Å². The SMILES string of the molecule is c1ccc2c(c1)ccc1c2c2ccccc2n1-c1ccc2cc(-c3nc(-c4ccc5cc(-c6nc7ccccc7o6)ccc5c4)nc(-c4ccc5cc(-c6nc7ccccc7o6)ccc5c4)n3)ccc2c1. The molecule has 0 amide bonds. The summed E-state index contributed by atoms with van der Waals surface area (Å²) in [5, 5.41) is 11.4. The molecule has 0 fully saturated rings. The molecule has 4 heterocycles. The number of rotatable bonds is 6. The lowest BCUT2D eigenvalue weighted by molar-refractivity contribution is 0.619. The van der Waals surface area contributed by atoms with Crippen molar-refractivity contribution >= 4 is 87.1 Å². The lowest BCUT2D eigenvalue weighted by Crippen LogP contribution is -2.00. The minimum Gasteiger partial charge on any atom is -0.436 e. The van der Waals surface area contributed by atoms with Gasteiger partial charge in [-0.1, -0.05) is 127 Å². The zero-order valence-corrected chi connectivity index (χ0v) is 37.8. The molecule has 0 bridgehead atoms. The quantitative estimate of drug-likeness (QED) is 0.164. The molecule has 0 unspecified atom stereocenters. The summed E-state index contributed by atoms with van der Waals surface area (Å²) in [6.07, 6.45) is 0. The fourth-order valence-corrected chi connectivity index (χ4v) is 10.3. The van der Waals surface area contributed by atoms with Crippen LogP contribution in [0.2, 0.25) is 0 Å². The molecule has 0 aliphatic rings. The Labute approximate surface area is 404 Å². The molecule has 15 rings (SSSR count). The number of aromatic nitrogens is 6. The Balaban J connectivity index is 0.837. The third kappa shape index (κ3) is 6.50. The second-order valence-electron chi connectivity index (χ2n) is 18.1. The second-order valence-corrected chi connectivity index (χ2v) is 18.1. The molecule has 0 saturated carbocycles. The summed E-state index contributed by atoms with van der Waals surface area (Å²) in [7, 11) is 0. The first-order chi connectivity index (χ1) is 35.1.